The van der Waals surface area contributed by atoms with Crippen molar-refractivity contribution in [2.75, 3.05) is 13.1 Å². The van der Waals surface area contributed by atoms with Crippen LogP contribution in [-0.2, 0) is 0 Å². The second kappa shape index (κ2) is 5.59. The van der Waals surface area contributed by atoms with E-state index < -0.39 is 0 Å². The first-order valence-corrected chi connectivity index (χ1v) is 5.06. The second-order valence-electron chi connectivity index (χ2n) is 3.61. The predicted molar refractivity (Wildman–Crippen MR) is 48.7 cm³/mol. The SMILES string of the molecule is CCC[N]CCC1CCCC1. The lowest BCUT2D eigenvalue weighted by molar-refractivity contribution is 0.474. The Morgan fingerprint density at radius 3 is 2.55 bits per heavy atom. The van der Waals surface area contributed by atoms with Crippen molar-refractivity contribution in [2.45, 2.75) is 45.4 Å². The monoisotopic (exact) mass is 154 g/mol. The van der Waals surface area contributed by atoms with Gasteiger partial charge >= 0.3 is 0 Å². The summed E-state index contributed by atoms with van der Waals surface area (Å²) >= 11 is 0. The third-order valence-corrected chi connectivity index (χ3v) is 2.55. The molecule has 1 nitrogen and oxygen atoms in total. The molecule has 65 valence electrons. The zero-order valence-electron chi connectivity index (χ0n) is 7.68. The summed E-state index contributed by atoms with van der Waals surface area (Å²) in [5.41, 5.74) is 0. The Hall–Kier alpha value is -0.0400. The maximum atomic E-state index is 4.45. The molecule has 0 aromatic heterocycles. The van der Waals surface area contributed by atoms with Gasteiger partial charge in [-0.2, -0.15) is 0 Å². The van der Waals surface area contributed by atoms with Crippen LogP contribution >= 0.6 is 0 Å². The molecule has 0 spiro atoms. The summed E-state index contributed by atoms with van der Waals surface area (Å²) in [5.74, 6) is 1.02. The highest BCUT2D eigenvalue weighted by molar-refractivity contribution is 4.67. The van der Waals surface area contributed by atoms with Gasteiger partial charge in [0.05, 0.1) is 0 Å². The largest absolute Gasteiger partial charge is 0.242 e. The zero-order valence-corrected chi connectivity index (χ0v) is 7.68. The smallest absolute Gasteiger partial charge is 0.0136 e. The number of hydrogen-bond acceptors (Lipinski definition) is 0. The molecule has 1 heteroatoms. The molecule has 0 amide bonds. The second-order valence-corrected chi connectivity index (χ2v) is 3.61. The Labute approximate surface area is 70.6 Å². The predicted octanol–water partition coefficient (Wildman–Crippen LogP) is 2.58. The van der Waals surface area contributed by atoms with E-state index in [9.17, 15) is 0 Å². The van der Waals surface area contributed by atoms with Crippen LogP contribution in [0, 0.1) is 5.92 Å². The topological polar surface area (TPSA) is 14.1 Å². The molecule has 0 atom stereocenters. The van der Waals surface area contributed by atoms with E-state index >= 15 is 0 Å². The van der Waals surface area contributed by atoms with E-state index in [0.29, 0.717) is 0 Å². The Balaban J connectivity index is 1.86. The van der Waals surface area contributed by atoms with Crippen molar-refractivity contribution in [3.05, 3.63) is 0 Å². The lowest BCUT2D eigenvalue weighted by atomic mass is 10.0. The minimum Gasteiger partial charge on any atom is -0.242 e. The van der Waals surface area contributed by atoms with Crippen LogP contribution in [0.5, 0.6) is 0 Å². The number of rotatable bonds is 5. The van der Waals surface area contributed by atoms with Gasteiger partial charge in [-0.15, -0.1) is 0 Å². The van der Waals surface area contributed by atoms with E-state index in [1.54, 1.807) is 0 Å². The molecule has 1 aliphatic rings. The van der Waals surface area contributed by atoms with Crippen LogP contribution in [0.3, 0.4) is 0 Å². The van der Waals surface area contributed by atoms with Crippen LogP contribution in [-0.4, -0.2) is 13.1 Å². The van der Waals surface area contributed by atoms with Gasteiger partial charge in [0.15, 0.2) is 0 Å². The Bertz CT molecular complexity index is 84.9. The first-order valence-electron chi connectivity index (χ1n) is 5.06. The van der Waals surface area contributed by atoms with Crippen LogP contribution < -0.4 is 5.32 Å². The summed E-state index contributed by atoms with van der Waals surface area (Å²) in [5, 5.41) is 4.45. The van der Waals surface area contributed by atoms with E-state index in [1.165, 1.54) is 38.5 Å². The molecule has 0 aromatic rings. The van der Waals surface area contributed by atoms with Gasteiger partial charge in [0.25, 0.3) is 0 Å². The van der Waals surface area contributed by atoms with Gasteiger partial charge in [0, 0.05) is 13.1 Å². The van der Waals surface area contributed by atoms with Gasteiger partial charge in [-0.1, -0.05) is 32.6 Å². The molecule has 0 saturated heterocycles. The Morgan fingerprint density at radius 1 is 1.18 bits per heavy atom. The third-order valence-electron chi connectivity index (χ3n) is 2.55. The van der Waals surface area contributed by atoms with Crippen LogP contribution in [0.4, 0.5) is 0 Å². The highest BCUT2D eigenvalue weighted by Gasteiger charge is 2.13. The number of hydrogen-bond donors (Lipinski definition) is 0. The average molecular weight is 154 g/mol. The first-order chi connectivity index (χ1) is 5.43. The fourth-order valence-corrected chi connectivity index (χ4v) is 1.84. The average Bonchev–Trinajstić information content (AvgIpc) is 2.50. The van der Waals surface area contributed by atoms with Gasteiger partial charge in [-0.05, 0) is 18.8 Å². The summed E-state index contributed by atoms with van der Waals surface area (Å²) < 4.78 is 0. The third kappa shape index (κ3) is 3.76. The Morgan fingerprint density at radius 2 is 1.91 bits per heavy atom. The molecule has 0 N–H and O–H groups in total. The normalized spacial score (nSPS) is 19.4. The minimum atomic E-state index is 1.02. The molecule has 1 aliphatic carbocycles. The summed E-state index contributed by atoms with van der Waals surface area (Å²) in [4.78, 5) is 0. The molecule has 11 heavy (non-hydrogen) atoms. The zero-order chi connectivity index (χ0) is 7.94. The van der Waals surface area contributed by atoms with Crippen molar-refractivity contribution < 1.29 is 0 Å². The maximum absolute atomic E-state index is 4.45. The van der Waals surface area contributed by atoms with Crippen molar-refractivity contribution in [3.63, 3.8) is 0 Å². The summed E-state index contributed by atoms with van der Waals surface area (Å²) in [6.07, 6.45) is 8.46. The summed E-state index contributed by atoms with van der Waals surface area (Å²) in [7, 11) is 0. The molecule has 1 saturated carbocycles. The summed E-state index contributed by atoms with van der Waals surface area (Å²) in [6.45, 7) is 4.39. The highest BCUT2D eigenvalue weighted by atomic mass is 14.8. The maximum Gasteiger partial charge on any atom is 0.0136 e. The fraction of sp³-hybridized carbons (Fsp3) is 1.00. The first kappa shape index (κ1) is 9.05. The fourth-order valence-electron chi connectivity index (χ4n) is 1.84. The van der Waals surface area contributed by atoms with E-state index in [-0.39, 0.29) is 0 Å². The van der Waals surface area contributed by atoms with Crippen LogP contribution in [0.2, 0.25) is 0 Å². The lowest BCUT2D eigenvalue weighted by Crippen LogP contribution is -2.10. The van der Waals surface area contributed by atoms with Gasteiger partial charge < -0.3 is 0 Å². The van der Waals surface area contributed by atoms with Crippen LogP contribution in [0.1, 0.15) is 45.4 Å². The van der Waals surface area contributed by atoms with Crippen molar-refractivity contribution >= 4 is 0 Å². The molecule has 0 aliphatic heterocycles. The molecular weight excluding hydrogens is 134 g/mol. The number of nitrogens with zero attached hydrogens (tertiary/aromatic N) is 1. The molecule has 1 radical (unpaired) electrons. The molecule has 1 fully saturated rings. The highest BCUT2D eigenvalue weighted by Crippen LogP contribution is 2.26. The van der Waals surface area contributed by atoms with Crippen molar-refractivity contribution in [2.24, 2.45) is 5.92 Å². The molecule has 0 bridgehead atoms. The van der Waals surface area contributed by atoms with E-state index in [2.05, 4.69) is 12.2 Å². The molecule has 0 unspecified atom stereocenters. The van der Waals surface area contributed by atoms with Crippen molar-refractivity contribution in [1.82, 2.24) is 5.32 Å². The standard InChI is InChI=1S/C10H20N/c1-2-8-11-9-7-10-5-3-4-6-10/h10H,2-9H2,1H3. The van der Waals surface area contributed by atoms with Crippen LogP contribution in [0.25, 0.3) is 0 Å². The van der Waals surface area contributed by atoms with E-state index in [0.717, 1.165) is 19.0 Å². The van der Waals surface area contributed by atoms with Crippen LogP contribution in [0.15, 0.2) is 0 Å². The molecule has 1 rings (SSSR count). The molecule has 0 aromatic carbocycles. The minimum absolute atomic E-state index is 1.02. The van der Waals surface area contributed by atoms with Gasteiger partial charge in [0.1, 0.15) is 0 Å². The van der Waals surface area contributed by atoms with Gasteiger partial charge in [0.2, 0.25) is 0 Å². The van der Waals surface area contributed by atoms with E-state index in [1.807, 2.05) is 0 Å². The Kier molecular flexibility index (Phi) is 4.60. The quantitative estimate of drug-likeness (QED) is 0.540. The van der Waals surface area contributed by atoms with Crippen molar-refractivity contribution in [1.29, 1.82) is 0 Å². The lowest BCUT2D eigenvalue weighted by Gasteiger charge is -2.07. The molecule has 0 heterocycles. The van der Waals surface area contributed by atoms with E-state index in [4.69, 9.17) is 0 Å². The van der Waals surface area contributed by atoms with Gasteiger partial charge in [-0.25, -0.2) is 5.32 Å². The van der Waals surface area contributed by atoms with Gasteiger partial charge in [-0.3, -0.25) is 0 Å². The molecular formula is C10H20N. The summed E-state index contributed by atoms with van der Waals surface area (Å²) in [6, 6.07) is 0. The van der Waals surface area contributed by atoms with Crippen molar-refractivity contribution in [3.8, 4) is 0 Å².